The first kappa shape index (κ1) is 9.44. The fourth-order valence-electron chi connectivity index (χ4n) is 0.895. The van der Waals surface area contributed by atoms with Crippen molar-refractivity contribution in [2.24, 2.45) is 0 Å². The summed E-state index contributed by atoms with van der Waals surface area (Å²) in [5, 5.41) is 8.99. The molecule has 3 nitrogen and oxygen atoms in total. The molecule has 0 atom stereocenters. The van der Waals surface area contributed by atoms with Gasteiger partial charge in [-0.05, 0) is 6.07 Å². The van der Waals surface area contributed by atoms with Crippen molar-refractivity contribution in [2.45, 2.75) is 0 Å². The summed E-state index contributed by atoms with van der Waals surface area (Å²) in [6.45, 7) is 0. The number of halogens is 2. The van der Waals surface area contributed by atoms with E-state index in [9.17, 15) is 13.6 Å². The second-order valence-electron chi connectivity index (χ2n) is 2.26. The van der Waals surface area contributed by atoms with Crippen LogP contribution in [0.3, 0.4) is 0 Å². The predicted octanol–water partition coefficient (Wildman–Crippen LogP) is 1.49. The zero-order chi connectivity index (χ0) is 10.0. The Morgan fingerprint density at radius 1 is 1.54 bits per heavy atom. The second kappa shape index (κ2) is 3.38. The molecule has 5 heteroatoms. The van der Waals surface area contributed by atoms with Crippen LogP contribution in [0.5, 0.6) is 11.5 Å². The molecule has 0 amide bonds. The average molecular weight is 188 g/mol. The van der Waals surface area contributed by atoms with Crippen LogP contribution in [0.1, 0.15) is 10.4 Å². The number of hydrogen-bond donors (Lipinski definition) is 1. The van der Waals surface area contributed by atoms with Gasteiger partial charge in [0.1, 0.15) is 0 Å². The zero-order valence-electron chi connectivity index (χ0n) is 6.67. The Hall–Kier alpha value is -1.65. The van der Waals surface area contributed by atoms with E-state index in [0.717, 1.165) is 7.11 Å². The summed E-state index contributed by atoms with van der Waals surface area (Å²) in [4.78, 5) is 10.2. The molecule has 13 heavy (non-hydrogen) atoms. The largest absolute Gasteiger partial charge is 0.502 e. The minimum atomic E-state index is -1.19. The van der Waals surface area contributed by atoms with E-state index in [1.165, 1.54) is 0 Å². The molecule has 1 aromatic rings. The molecule has 0 saturated heterocycles. The normalized spacial score (nSPS) is 9.77. The van der Waals surface area contributed by atoms with E-state index in [-0.39, 0.29) is 6.29 Å². The van der Waals surface area contributed by atoms with Gasteiger partial charge in [-0.15, -0.1) is 0 Å². The van der Waals surface area contributed by atoms with Gasteiger partial charge in [-0.2, -0.15) is 0 Å². The fourth-order valence-corrected chi connectivity index (χ4v) is 0.895. The first-order valence-electron chi connectivity index (χ1n) is 3.32. The Morgan fingerprint density at radius 3 is 2.62 bits per heavy atom. The van der Waals surface area contributed by atoms with Crippen LogP contribution in [0.25, 0.3) is 0 Å². The summed E-state index contributed by atoms with van der Waals surface area (Å²) in [6.07, 6.45) is 0.109. The van der Waals surface area contributed by atoms with Crippen molar-refractivity contribution in [1.82, 2.24) is 0 Å². The highest BCUT2D eigenvalue weighted by atomic mass is 19.1. The monoisotopic (exact) mass is 188 g/mol. The topological polar surface area (TPSA) is 46.5 Å². The molecular weight excluding hydrogens is 182 g/mol. The van der Waals surface area contributed by atoms with Gasteiger partial charge in [0, 0.05) is 0 Å². The molecule has 0 bridgehead atoms. The van der Waals surface area contributed by atoms with Gasteiger partial charge in [0.25, 0.3) is 0 Å². The van der Waals surface area contributed by atoms with Crippen LogP contribution in [0, 0.1) is 11.6 Å². The van der Waals surface area contributed by atoms with E-state index in [1.54, 1.807) is 0 Å². The van der Waals surface area contributed by atoms with Crippen LogP contribution in [0.4, 0.5) is 8.78 Å². The first-order chi connectivity index (χ1) is 6.11. The number of carbonyl (C=O) groups is 1. The van der Waals surface area contributed by atoms with Crippen molar-refractivity contribution in [1.29, 1.82) is 0 Å². The third-order valence-electron chi connectivity index (χ3n) is 1.51. The van der Waals surface area contributed by atoms with Gasteiger partial charge in [0.05, 0.1) is 12.7 Å². The molecule has 0 saturated carbocycles. The van der Waals surface area contributed by atoms with Gasteiger partial charge in [-0.1, -0.05) is 0 Å². The number of hydrogen-bond acceptors (Lipinski definition) is 3. The number of aldehydes is 1. The SMILES string of the molecule is COc1c(F)cc(C=O)c(F)c1O. The van der Waals surface area contributed by atoms with Crippen LogP contribution in [-0.4, -0.2) is 18.5 Å². The van der Waals surface area contributed by atoms with Gasteiger partial charge in [-0.3, -0.25) is 4.79 Å². The molecular formula is C8H6F2O3. The number of phenols is 1. The van der Waals surface area contributed by atoms with E-state index in [1.807, 2.05) is 0 Å². The maximum absolute atomic E-state index is 12.9. The standard InChI is InChI=1S/C8H6F2O3/c1-13-8-5(9)2-4(3-11)6(10)7(8)12/h2-3,12H,1H3. The third-order valence-corrected chi connectivity index (χ3v) is 1.51. The minimum absolute atomic E-state index is 0.109. The van der Waals surface area contributed by atoms with Crippen LogP contribution in [-0.2, 0) is 0 Å². The molecule has 0 unspecified atom stereocenters. The van der Waals surface area contributed by atoms with Gasteiger partial charge < -0.3 is 9.84 Å². The molecule has 1 aromatic carbocycles. The molecule has 0 aromatic heterocycles. The lowest BCUT2D eigenvalue weighted by Crippen LogP contribution is -1.96. The second-order valence-corrected chi connectivity index (χ2v) is 2.26. The van der Waals surface area contributed by atoms with Gasteiger partial charge in [0.2, 0.25) is 0 Å². The summed E-state index contributed by atoms with van der Waals surface area (Å²) in [5.41, 5.74) is -0.546. The summed E-state index contributed by atoms with van der Waals surface area (Å²) >= 11 is 0. The number of rotatable bonds is 2. The van der Waals surface area contributed by atoms with E-state index in [0.29, 0.717) is 6.07 Å². The number of aromatic hydroxyl groups is 1. The Balaban J connectivity index is 3.45. The smallest absolute Gasteiger partial charge is 0.199 e. The lowest BCUT2D eigenvalue weighted by molar-refractivity contribution is 0.111. The number of benzene rings is 1. The van der Waals surface area contributed by atoms with E-state index < -0.39 is 28.7 Å². The number of phenolic OH excluding ortho intramolecular Hbond substituents is 1. The molecule has 0 fully saturated rings. The summed E-state index contributed by atoms with van der Waals surface area (Å²) < 4.78 is 30.1. The van der Waals surface area contributed by atoms with Crippen molar-refractivity contribution in [3.8, 4) is 11.5 Å². The number of carbonyl (C=O) groups excluding carboxylic acids is 1. The molecule has 0 aliphatic rings. The van der Waals surface area contributed by atoms with Crippen LogP contribution >= 0.6 is 0 Å². The molecule has 0 spiro atoms. The Kier molecular flexibility index (Phi) is 2.46. The zero-order valence-corrected chi connectivity index (χ0v) is 6.67. The predicted molar refractivity (Wildman–Crippen MR) is 40.0 cm³/mol. The van der Waals surface area contributed by atoms with Gasteiger partial charge in [-0.25, -0.2) is 8.78 Å². The lowest BCUT2D eigenvalue weighted by Gasteiger charge is -2.06. The summed E-state index contributed by atoms with van der Waals surface area (Å²) in [5.74, 6) is -3.77. The fraction of sp³-hybridized carbons (Fsp3) is 0.125. The van der Waals surface area contributed by atoms with Crippen molar-refractivity contribution >= 4 is 6.29 Å². The Labute approximate surface area is 72.6 Å². The van der Waals surface area contributed by atoms with Crippen molar-refractivity contribution < 1.29 is 23.4 Å². The molecule has 1 rings (SSSR count). The third kappa shape index (κ3) is 1.44. The van der Waals surface area contributed by atoms with E-state index in [2.05, 4.69) is 4.74 Å². The average Bonchev–Trinajstić information content (AvgIpc) is 2.12. The Bertz CT molecular complexity index is 350. The van der Waals surface area contributed by atoms with E-state index in [4.69, 9.17) is 5.11 Å². The minimum Gasteiger partial charge on any atom is -0.502 e. The highest BCUT2D eigenvalue weighted by Crippen LogP contribution is 2.33. The van der Waals surface area contributed by atoms with Crippen molar-refractivity contribution in [2.75, 3.05) is 7.11 Å². The maximum Gasteiger partial charge on any atom is 0.199 e. The first-order valence-corrected chi connectivity index (χ1v) is 3.32. The number of ether oxygens (including phenoxy) is 1. The van der Waals surface area contributed by atoms with Gasteiger partial charge >= 0.3 is 0 Å². The quantitative estimate of drug-likeness (QED) is 0.715. The van der Waals surface area contributed by atoms with E-state index >= 15 is 0 Å². The highest BCUT2D eigenvalue weighted by Gasteiger charge is 2.17. The molecule has 0 heterocycles. The summed E-state index contributed by atoms with van der Waals surface area (Å²) in [6, 6.07) is 0.654. The van der Waals surface area contributed by atoms with Crippen LogP contribution in [0.2, 0.25) is 0 Å². The molecule has 0 aliphatic heterocycles. The van der Waals surface area contributed by atoms with Gasteiger partial charge in [0.15, 0.2) is 29.4 Å². The molecule has 70 valence electrons. The highest BCUT2D eigenvalue weighted by molar-refractivity contribution is 5.77. The Morgan fingerprint density at radius 2 is 2.15 bits per heavy atom. The maximum atomic E-state index is 12.9. The number of methoxy groups -OCH3 is 1. The van der Waals surface area contributed by atoms with Crippen molar-refractivity contribution in [3.05, 3.63) is 23.3 Å². The molecule has 0 aliphatic carbocycles. The lowest BCUT2D eigenvalue weighted by atomic mass is 10.2. The molecule has 0 radical (unpaired) electrons. The summed E-state index contributed by atoms with van der Waals surface area (Å²) in [7, 11) is 1.08. The molecule has 1 N–H and O–H groups in total. The van der Waals surface area contributed by atoms with Crippen molar-refractivity contribution in [3.63, 3.8) is 0 Å². The van der Waals surface area contributed by atoms with Crippen LogP contribution < -0.4 is 4.74 Å². The van der Waals surface area contributed by atoms with Crippen LogP contribution in [0.15, 0.2) is 6.07 Å².